The van der Waals surface area contributed by atoms with Gasteiger partial charge in [0.05, 0.1) is 22.3 Å². The molecule has 0 amide bonds. The lowest BCUT2D eigenvalue weighted by Gasteiger charge is -2.50. The number of hydrogen-bond acceptors (Lipinski definition) is 4. The van der Waals surface area contributed by atoms with Crippen LogP contribution in [0, 0.1) is 5.92 Å². The molecule has 2 aliphatic carbocycles. The van der Waals surface area contributed by atoms with Crippen molar-refractivity contribution in [3.8, 4) is 5.69 Å². The van der Waals surface area contributed by atoms with Gasteiger partial charge in [-0.25, -0.2) is 13.1 Å². The number of alkyl halides is 3. The number of nitrogens with zero attached hydrogens (tertiary/aromatic N) is 2. The van der Waals surface area contributed by atoms with Gasteiger partial charge in [0, 0.05) is 11.6 Å². The van der Waals surface area contributed by atoms with Crippen LogP contribution in [0.5, 0.6) is 0 Å². The van der Waals surface area contributed by atoms with Crippen LogP contribution in [0.15, 0.2) is 47.5 Å². The Hall–Kier alpha value is -2.39. The fourth-order valence-electron chi connectivity index (χ4n) is 6.35. The summed E-state index contributed by atoms with van der Waals surface area (Å²) in [5.74, 6) is -0.245. The number of aliphatic hydroxyl groups is 1. The molecule has 0 spiro atoms. The number of sulfone groups is 1. The van der Waals surface area contributed by atoms with E-state index in [4.69, 9.17) is 0 Å². The summed E-state index contributed by atoms with van der Waals surface area (Å²) in [7, 11) is -3.30. The average Bonchev–Trinajstić information content (AvgIpc) is 3.14. The van der Waals surface area contributed by atoms with Crippen LogP contribution in [-0.4, -0.2) is 41.3 Å². The predicted octanol–water partition coefficient (Wildman–Crippen LogP) is 5.51. The van der Waals surface area contributed by atoms with Crippen molar-refractivity contribution in [1.82, 2.24) is 9.78 Å². The van der Waals surface area contributed by atoms with E-state index in [0.29, 0.717) is 19.3 Å². The maximum Gasteiger partial charge on any atom is 0.417 e. The van der Waals surface area contributed by atoms with Crippen molar-refractivity contribution < 1.29 is 26.7 Å². The van der Waals surface area contributed by atoms with Gasteiger partial charge in [-0.05, 0) is 104 Å². The first-order chi connectivity index (χ1) is 16.4. The summed E-state index contributed by atoms with van der Waals surface area (Å²) in [6.45, 7) is 2.04. The maximum absolute atomic E-state index is 13.7. The number of aryl methyl sites for hydroxylation is 1. The van der Waals surface area contributed by atoms with E-state index >= 15 is 0 Å². The van der Waals surface area contributed by atoms with E-state index < -0.39 is 27.0 Å². The Kier molecular flexibility index (Phi) is 5.60. The molecule has 2 aromatic carbocycles. The molecule has 3 atom stereocenters. The van der Waals surface area contributed by atoms with Gasteiger partial charge in [-0.2, -0.15) is 18.3 Å². The summed E-state index contributed by atoms with van der Waals surface area (Å²) in [6, 6.07) is 10.7. The lowest BCUT2D eigenvalue weighted by Crippen LogP contribution is -2.54. The van der Waals surface area contributed by atoms with Crippen molar-refractivity contribution in [2.24, 2.45) is 5.92 Å². The molecule has 188 valence electrons. The van der Waals surface area contributed by atoms with Crippen LogP contribution in [0.2, 0.25) is 0 Å². The predicted molar refractivity (Wildman–Crippen MR) is 127 cm³/mol. The second-order valence-corrected chi connectivity index (χ2v) is 12.2. The van der Waals surface area contributed by atoms with Gasteiger partial charge in [-0.15, -0.1) is 0 Å². The van der Waals surface area contributed by atoms with Gasteiger partial charge < -0.3 is 5.11 Å². The highest BCUT2D eigenvalue weighted by Gasteiger charge is 2.60. The molecule has 0 bridgehead atoms. The first-order valence-electron chi connectivity index (χ1n) is 12.0. The first-order valence-corrected chi connectivity index (χ1v) is 13.9. The molecule has 1 fully saturated rings. The number of fused-ring (bicyclic) bond motifs is 4. The molecule has 0 saturated heterocycles. The molecule has 35 heavy (non-hydrogen) atoms. The molecular weight excluding hydrogens is 477 g/mol. The van der Waals surface area contributed by atoms with E-state index in [-0.39, 0.29) is 23.7 Å². The third-order valence-corrected chi connectivity index (χ3v) is 9.47. The second kappa shape index (κ2) is 8.06. The number of benzene rings is 2. The molecule has 0 aliphatic heterocycles. The lowest BCUT2D eigenvalue weighted by atomic mass is 9.56. The molecule has 2 aliphatic rings. The van der Waals surface area contributed by atoms with E-state index in [1.54, 1.807) is 35.1 Å². The second-order valence-electron chi connectivity index (χ2n) is 10.2. The highest BCUT2D eigenvalue weighted by Crippen LogP contribution is 2.57. The summed E-state index contributed by atoms with van der Waals surface area (Å²) in [5.41, 5.74) is 0.796. The Morgan fingerprint density at radius 3 is 2.51 bits per heavy atom. The minimum atomic E-state index is -4.63. The fraction of sp³-hybridized carbons (Fsp3) is 0.500. The monoisotopic (exact) mass is 506 g/mol. The molecule has 5 nitrogen and oxygen atoms in total. The first kappa shape index (κ1) is 24.3. The topological polar surface area (TPSA) is 72.2 Å². The SMILES string of the molecule is CC[C@]12CC[C@@](O)(C(F)(F)F)C[C@@H]1CCCc1cc3c(cnn3-c3ccc(S(C)(=O)=O)cc3)cc12. The largest absolute Gasteiger partial charge is 0.417 e. The zero-order valence-corrected chi connectivity index (χ0v) is 20.6. The van der Waals surface area contributed by atoms with Gasteiger partial charge in [0.15, 0.2) is 15.4 Å². The van der Waals surface area contributed by atoms with Crippen LogP contribution in [0.4, 0.5) is 13.2 Å². The molecule has 1 N–H and O–H groups in total. The van der Waals surface area contributed by atoms with Gasteiger partial charge in [0.2, 0.25) is 0 Å². The summed E-state index contributed by atoms with van der Waals surface area (Å²) in [5, 5.41) is 15.9. The number of hydrogen-bond donors (Lipinski definition) is 1. The van der Waals surface area contributed by atoms with E-state index in [0.717, 1.165) is 46.8 Å². The van der Waals surface area contributed by atoms with Crippen LogP contribution in [0.3, 0.4) is 0 Å². The van der Waals surface area contributed by atoms with Gasteiger partial charge in [-0.1, -0.05) is 6.92 Å². The Morgan fingerprint density at radius 1 is 1.17 bits per heavy atom. The van der Waals surface area contributed by atoms with Gasteiger partial charge in [-0.3, -0.25) is 0 Å². The Morgan fingerprint density at radius 2 is 1.89 bits per heavy atom. The summed E-state index contributed by atoms with van der Waals surface area (Å²) < 4.78 is 66.4. The van der Waals surface area contributed by atoms with Crippen LogP contribution in [0.25, 0.3) is 16.6 Å². The quantitative estimate of drug-likeness (QED) is 0.509. The van der Waals surface area contributed by atoms with Gasteiger partial charge in [0.25, 0.3) is 0 Å². The normalized spacial score (nSPS) is 27.3. The average molecular weight is 507 g/mol. The zero-order chi connectivity index (χ0) is 25.2. The minimum absolute atomic E-state index is 0.235. The Labute approximate surface area is 202 Å². The third kappa shape index (κ3) is 3.87. The van der Waals surface area contributed by atoms with Crippen molar-refractivity contribution in [3.05, 3.63) is 53.7 Å². The smallest absolute Gasteiger partial charge is 0.380 e. The highest BCUT2D eigenvalue weighted by atomic mass is 32.2. The molecule has 1 heterocycles. The molecule has 5 rings (SSSR count). The standard InChI is InChI=1S/C26H29F3N2O3S/c1-3-24-11-12-25(32,26(27,28)29)15-19(24)6-4-5-17-14-23-18(13-22(17)24)16-30-31(23)20-7-9-21(10-8-20)35(2,33)34/h7-10,13-14,16,19,32H,3-6,11-12,15H2,1-2H3/t19-,24-,25-/m0/s1. The fourth-order valence-corrected chi connectivity index (χ4v) is 6.98. The van der Waals surface area contributed by atoms with Crippen LogP contribution in [-0.2, 0) is 21.7 Å². The van der Waals surface area contributed by atoms with Gasteiger partial charge in [0.1, 0.15) is 0 Å². The van der Waals surface area contributed by atoms with Gasteiger partial charge >= 0.3 is 6.18 Å². The summed E-state index contributed by atoms with van der Waals surface area (Å²) >= 11 is 0. The molecule has 3 aromatic rings. The van der Waals surface area contributed by atoms with Crippen LogP contribution in [0.1, 0.15) is 56.6 Å². The summed E-state index contributed by atoms with van der Waals surface area (Å²) in [4.78, 5) is 0.235. The molecule has 1 saturated carbocycles. The lowest BCUT2D eigenvalue weighted by molar-refractivity contribution is -0.279. The molecule has 1 aromatic heterocycles. The maximum atomic E-state index is 13.7. The molecule has 0 unspecified atom stereocenters. The summed E-state index contributed by atoms with van der Waals surface area (Å²) in [6.07, 6.45) is 0.918. The van der Waals surface area contributed by atoms with Crippen molar-refractivity contribution in [2.75, 3.05) is 6.26 Å². The molecule has 9 heteroatoms. The number of halogens is 3. The van der Waals surface area contributed by atoms with Crippen LogP contribution >= 0.6 is 0 Å². The van der Waals surface area contributed by atoms with E-state index in [1.165, 1.54) is 0 Å². The molecule has 0 radical (unpaired) electrons. The van der Waals surface area contributed by atoms with Crippen molar-refractivity contribution in [1.29, 1.82) is 0 Å². The van der Waals surface area contributed by atoms with Crippen LogP contribution < -0.4 is 0 Å². The zero-order valence-electron chi connectivity index (χ0n) is 19.8. The van der Waals surface area contributed by atoms with Crippen molar-refractivity contribution in [2.45, 2.75) is 74.0 Å². The number of aromatic nitrogens is 2. The highest BCUT2D eigenvalue weighted by molar-refractivity contribution is 7.90. The Balaban J connectivity index is 1.58. The molecular formula is C26H29F3N2O3S. The van der Waals surface area contributed by atoms with E-state index in [9.17, 15) is 26.7 Å². The minimum Gasteiger partial charge on any atom is -0.380 e. The van der Waals surface area contributed by atoms with E-state index in [2.05, 4.69) is 17.2 Å². The van der Waals surface area contributed by atoms with E-state index in [1.807, 2.05) is 6.92 Å². The number of rotatable bonds is 3. The van der Waals surface area contributed by atoms with Crippen molar-refractivity contribution in [3.63, 3.8) is 0 Å². The van der Waals surface area contributed by atoms with Crippen molar-refractivity contribution >= 4 is 20.7 Å². The third-order valence-electron chi connectivity index (χ3n) is 8.35. The Bertz CT molecular complexity index is 1380.